The minimum atomic E-state index is -4.45. The summed E-state index contributed by atoms with van der Waals surface area (Å²) in [5, 5.41) is 0. The van der Waals surface area contributed by atoms with Gasteiger partial charge in [0, 0.05) is 0 Å². The normalized spacial score (nSPS) is 30.2. The Labute approximate surface area is 185 Å². The highest BCUT2D eigenvalue weighted by Gasteiger charge is 2.65. The number of nitrogens with two attached hydrogens (primary N) is 1. The number of nitrogens with zero attached hydrogens (tertiary/aromatic N) is 3. The predicted octanol–water partition coefficient (Wildman–Crippen LogP) is 2.11. The summed E-state index contributed by atoms with van der Waals surface area (Å²) in [6.07, 6.45) is -0.574. The van der Waals surface area contributed by atoms with Crippen LogP contribution in [0.15, 0.2) is 11.1 Å². The Balaban J connectivity index is 1.74. The Morgan fingerprint density at radius 2 is 2.06 bits per heavy atom. The van der Waals surface area contributed by atoms with Gasteiger partial charge in [0.15, 0.2) is 17.4 Å². The van der Waals surface area contributed by atoms with Gasteiger partial charge in [0.25, 0.3) is 5.56 Å². The summed E-state index contributed by atoms with van der Waals surface area (Å²) in [6.45, 7) is 11.2. The van der Waals surface area contributed by atoms with Crippen LogP contribution in [0.3, 0.4) is 0 Å². The van der Waals surface area contributed by atoms with Crippen molar-refractivity contribution in [3.05, 3.63) is 16.7 Å². The summed E-state index contributed by atoms with van der Waals surface area (Å²) in [5.41, 5.74) is 3.42. The quantitative estimate of drug-likeness (QED) is 0.550. The van der Waals surface area contributed by atoms with Gasteiger partial charge in [-0.15, -0.1) is 0 Å². The van der Waals surface area contributed by atoms with Gasteiger partial charge in [-0.25, -0.2) is 9.55 Å². The van der Waals surface area contributed by atoms with Crippen molar-refractivity contribution in [3.63, 3.8) is 0 Å². The smallest absolute Gasteiger partial charge is 0.369 e. The van der Waals surface area contributed by atoms with Crippen molar-refractivity contribution in [2.75, 3.05) is 12.3 Å². The molecule has 4 rings (SSSR count). The lowest BCUT2D eigenvalue weighted by atomic mass is 9.80. The van der Waals surface area contributed by atoms with Crippen LogP contribution in [0.5, 0.6) is 0 Å². The van der Waals surface area contributed by atoms with Crippen LogP contribution >= 0.6 is 7.82 Å². The molecule has 4 heterocycles. The zero-order valence-electron chi connectivity index (χ0n) is 19.0. The van der Waals surface area contributed by atoms with Crippen molar-refractivity contribution >= 4 is 24.9 Å². The molecule has 2 fully saturated rings. The minimum absolute atomic E-state index is 0.0658. The number of aromatic nitrogens is 4. The van der Waals surface area contributed by atoms with E-state index in [1.165, 1.54) is 6.33 Å². The lowest BCUT2D eigenvalue weighted by molar-refractivity contribution is -0.182. The van der Waals surface area contributed by atoms with E-state index in [-0.39, 0.29) is 29.1 Å². The second-order valence-electron chi connectivity index (χ2n) is 10.6. The molecule has 2 bridgehead atoms. The third-order valence-corrected chi connectivity index (χ3v) is 6.44. The van der Waals surface area contributed by atoms with Crippen molar-refractivity contribution in [1.82, 2.24) is 19.5 Å². The molecule has 0 spiro atoms. The minimum Gasteiger partial charge on any atom is -0.369 e. The van der Waals surface area contributed by atoms with Crippen molar-refractivity contribution in [2.24, 2.45) is 5.41 Å². The molecular formula is C19H30N5O7P. The van der Waals surface area contributed by atoms with Crippen LogP contribution in [0.2, 0.25) is 0 Å². The molecule has 0 saturated carbocycles. The Morgan fingerprint density at radius 1 is 1.38 bits per heavy atom. The number of rotatable bonds is 5. The number of hydrogen-bond acceptors (Lipinski definition) is 9. The second kappa shape index (κ2) is 7.34. The number of imidazole rings is 1. The maximum absolute atomic E-state index is 12.8. The number of nitrogen functional groups attached to an aromatic ring is 1. The van der Waals surface area contributed by atoms with E-state index in [4.69, 9.17) is 24.3 Å². The fraction of sp³-hybridized carbons (Fsp3) is 0.737. The first-order valence-corrected chi connectivity index (χ1v) is 11.8. The molecule has 0 radical (unpaired) electrons. The van der Waals surface area contributed by atoms with Crippen LogP contribution < -0.4 is 11.3 Å². The fourth-order valence-corrected chi connectivity index (χ4v) is 5.78. The Kier molecular flexibility index (Phi) is 5.36. The summed E-state index contributed by atoms with van der Waals surface area (Å²) < 4.78 is 37.8. The SMILES string of the molecule is CC(C)(C)C[C@@]12COC([C@H](n3cnc4c(=O)[nH]c(N)nc43)O1)[C@H]2OP(=O)(O)OC(C)(C)C. The van der Waals surface area contributed by atoms with E-state index in [0.29, 0.717) is 6.42 Å². The summed E-state index contributed by atoms with van der Waals surface area (Å²) in [5.74, 6) is -0.0658. The van der Waals surface area contributed by atoms with Crippen LogP contribution in [0.25, 0.3) is 11.2 Å². The van der Waals surface area contributed by atoms with Crippen LogP contribution in [0.4, 0.5) is 5.95 Å². The standard InChI is InChI=1S/C19H30N5O7P/c1-17(2,3)7-19-8-28-11(12(19)30-32(26,27)31-18(4,5)6)15(29-19)24-9-21-10-13(24)22-16(20)23-14(10)25/h9,11-12,15H,7-8H2,1-6H3,(H,26,27)(H3,20,22,23,25)/t11?,12-,15-,19+/m1/s1. The Hall–Kier alpha value is -1.82. The largest absolute Gasteiger partial charge is 0.473 e. The molecule has 5 atom stereocenters. The molecule has 2 aromatic rings. The van der Waals surface area contributed by atoms with E-state index < -0.39 is 43.0 Å². The molecule has 2 saturated heterocycles. The molecule has 2 aliphatic heterocycles. The molecule has 0 amide bonds. The van der Waals surface area contributed by atoms with Gasteiger partial charge < -0.3 is 20.1 Å². The molecule has 0 aromatic carbocycles. The molecule has 12 nitrogen and oxygen atoms in total. The zero-order chi connectivity index (χ0) is 23.7. The first-order valence-electron chi connectivity index (χ1n) is 10.3. The van der Waals surface area contributed by atoms with Gasteiger partial charge in [0.05, 0.1) is 18.5 Å². The number of nitrogens with one attached hydrogen (secondary N) is 1. The van der Waals surface area contributed by atoms with E-state index in [1.807, 2.05) is 20.8 Å². The van der Waals surface area contributed by atoms with E-state index in [2.05, 4.69) is 15.0 Å². The summed E-state index contributed by atoms with van der Waals surface area (Å²) in [6, 6.07) is 0. The van der Waals surface area contributed by atoms with E-state index in [0.717, 1.165) is 0 Å². The van der Waals surface area contributed by atoms with Crippen molar-refractivity contribution in [1.29, 1.82) is 0 Å². The van der Waals surface area contributed by atoms with Gasteiger partial charge >= 0.3 is 7.82 Å². The van der Waals surface area contributed by atoms with Gasteiger partial charge in [0.2, 0.25) is 5.95 Å². The van der Waals surface area contributed by atoms with Crippen LogP contribution in [-0.2, 0) is 23.1 Å². The number of phosphoric ester groups is 1. The van der Waals surface area contributed by atoms with Crippen LogP contribution in [0, 0.1) is 5.41 Å². The topological polar surface area (TPSA) is 164 Å². The molecule has 32 heavy (non-hydrogen) atoms. The Morgan fingerprint density at radius 3 is 2.69 bits per heavy atom. The molecule has 0 aliphatic carbocycles. The van der Waals surface area contributed by atoms with Crippen molar-refractivity contribution in [2.45, 2.75) is 77.6 Å². The van der Waals surface area contributed by atoms with Gasteiger partial charge in [0.1, 0.15) is 17.8 Å². The number of ether oxygens (including phenoxy) is 2. The highest BCUT2D eigenvalue weighted by Crippen LogP contribution is 2.58. The first-order chi connectivity index (χ1) is 14.6. The number of H-pyrrole nitrogens is 1. The van der Waals surface area contributed by atoms with Gasteiger partial charge in [-0.3, -0.25) is 23.4 Å². The number of fused-ring (bicyclic) bond motifs is 3. The summed E-state index contributed by atoms with van der Waals surface area (Å²) >= 11 is 0. The molecular weight excluding hydrogens is 441 g/mol. The van der Waals surface area contributed by atoms with Gasteiger partial charge in [-0.05, 0) is 32.6 Å². The average molecular weight is 471 g/mol. The third-order valence-electron chi connectivity index (χ3n) is 5.16. The lowest BCUT2D eigenvalue weighted by Gasteiger charge is -2.37. The fourth-order valence-electron chi connectivity index (χ4n) is 4.45. The third kappa shape index (κ3) is 4.35. The molecule has 13 heteroatoms. The van der Waals surface area contributed by atoms with E-state index in [9.17, 15) is 14.3 Å². The maximum atomic E-state index is 12.8. The molecule has 178 valence electrons. The summed E-state index contributed by atoms with van der Waals surface area (Å²) in [4.78, 5) is 33.4. The maximum Gasteiger partial charge on any atom is 0.473 e. The van der Waals surface area contributed by atoms with Gasteiger partial charge in [-0.2, -0.15) is 4.98 Å². The monoisotopic (exact) mass is 471 g/mol. The molecule has 4 N–H and O–H groups in total. The summed E-state index contributed by atoms with van der Waals surface area (Å²) in [7, 11) is -4.45. The average Bonchev–Trinajstić information content (AvgIpc) is 3.20. The number of anilines is 1. The van der Waals surface area contributed by atoms with Crippen LogP contribution in [0.1, 0.15) is 54.2 Å². The second-order valence-corrected chi connectivity index (χ2v) is 11.9. The molecule has 2 unspecified atom stereocenters. The van der Waals surface area contributed by atoms with Gasteiger partial charge in [-0.1, -0.05) is 20.8 Å². The predicted molar refractivity (Wildman–Crippen MR) is 115 cm³/mol. The number of phosphoric acid groups is 1. The number of aromatic amines is 1. The number of hydrogen-bond donors (Lipinski definition) is 3. The van der Waals surface area contributed by atoms with E-state index in [1.54, 1.807) is 25.3 Å². The van der Waals surface area contributed by atoms with Crippen molar-refractivity contribution < 1.29 is 28.0 Å². The Bertz CT molecular complexity index is 1130. The van der Waals surface area contributed by atoms with Crippen LogP contribution in [-0.4, -0.2) is 54.4 Å². The molecule has 2 aromatic heterocycles. The van der Waals surface area contributed by atoms with Crippen molar-refractivity contribution in [3.8, 4) is 0 Å². The highest BCUT2D eigenvalue weighted by molar-refractivity contribution is 7.47. The first kappa shape index (κ1) is 23.3. The molecule has 2 aliphatic rings. The highest BCUT2D eigenvalue weighted by atomic mass is 31.2. The van der Waals surface area contributed by atoms with E-state index >= 15 is 0 Å². The zero-order valence-corrected chi connectivity index (χ0v) is 19.9. The lowest BCUT2D eigenvalue weighted by Crippen LogP contribution is -2.44.